The van der Waals surface area contributed by atoms with Crippen LogP contribution in [-0.4, -0.2) is 65.7 Å². The Balaban J connectivity index is 1.89. The predicted octanol–water partition coefficient (Wildman–Crippen LogP) is 2.45. The number of aliphatic hydroxyl groups excluding tert-OH is 1. The molecule has 1 aromatic carbocycles. The molecule has 1 unspecified atom stereocenters. The highest BCUT2D eigenvalue weighted by Crippen LogP contribution is 2.17. The second-order valence-electron chi connectivity index (χ2n) is 5.91. The Morgan fingerprint density at radius 1 is 1.27 bits per heavy atom. The van der Waals surface area contributed by atoms with E-state index in [4.69, 9.17) is 0 Å². The highest BCUT2D eigenvalue weighted by Gasteiger charge is 2.26. The average Bonchev–Trinajstić information content (AvgIpc) is 2.52. The van der Waals surface area contributed by atoms with Crippen LogP contribution in [0.15, 0.2) is 24.3 Å². The minimum absolute atomic E-state index is 0.186. The van der Waals surface area contributed by atoms with E-state index in [2.05, 4.69) is 16.1 Å². The maximum absolute atomic E-state index is 13.0. The summed E-state index contributed by atoms with van der Waals surface area (Å²) in [5.74, 6) is 1.02. The molecule has 1 aliphatic rings. The summed E-state index contributed by atoms with van der Waals surface area (Å²) in [5, 5.41) is 9.34. The lowest BCUT2D eigenvalue weighted by Crippen LogP contribution is -2.53. The summed E-state index contributed by atoms with van der Waals surface area (Å²) in [6.07, 6.45) is 4.18. The minimum Gasteiger partial charge on any atom is -0.396 e. The number of piperazine rings is 1. The molecule has 5 heteroatoms. The summed E-state index contributed by atoms with van der Waals surface area (Å²) >= 11 is 1.90. The Bertz CT molecular complexity index is 429. The van der Waals surface area contributed by atoms with E-state index in [0.717, 1.165) is 44.7 Å². The Hall–Kier alpha value is -0.620. The molecule has 2 rings (SSSR count). The first kappa shape index (κ1) is 17.7. The van der Waals surface area contributed by atoms with E-state index in [9.17, 15) is 9.50 Å². The van der Waals surface area contributed by atoms with Gasteiger partial charge < -0.3 is 10.0 Å². The van der Waals surface area contributed by atoms with Gasteiger partial charge in [-0.05, 0) is 49.1 Å². The first-order valence-electron chi connectivity index (χ1n) is 8.03. The zero-order chi connectivity index (χ0) is 15.8. The standard InChI is InChI=1S/C17H27FN2OS/c1-22-12-2-8-19-9-10-20(17(14-19)7-11-21)13-15-3-5-16(18)6-4-15/h3-6,17,21H,2,7-14H2,1H3. The summed E-state index contributed by atoms with van der Waals surface area (Å²) in [5.41, 5.74) is 1.14. The van der Waals surface area contributed by atoms with Gasteiger partial charge in [0.25, 0.3) is 0 Å². The molecule has 124 valence electrons. The van der Waals surface area contributed by atoms with Gasteiger partial charge in [0, 0.05) is 38.8 Å². The highest BCUT2D eigenvalue weighted by molar-refractivity contribution is 7.98. The van der Waals surface area contributed by atoms with Gasteiger partial charge in [0.2, 0.25) is 0 Å². The maximum Gasteiger partial charge on any atom is 0.123 e. The van der Waals surface area contributed by atoms with E-state index in [0.29, 0.717) is 6.04 Å². The quantitative estimate of drug-likeness (QED) is 0.743. The van der Waals surface area contributed by atoms with Crippen LogP contribution in [0.2, 0.25) is 0 Å². The van der Waals surface area contributed by atoms with Crippen molar-refractivity contribution in [2.45, 2.75) is 25.4 Å². The van der Waals surface area contributed by atoms with E-state index in [1.165, 1.54) is 24.3 Å². The number of hydrogen-bond donors (Lipinski definition) is 1. The van der Waals surface area contributed by atoms with Crippen LogP contribution in [0.3, 0.4) is 0 Å². The fourth-order valence-corrected chi connectivity index (χ4v) is 3.47. The van der Waals surface area contributed by atoms with Gasteiger partial charge >= 0.3 is 0 Å². The molecule has 0 saturated carbocycles. The number of thioether (sulfide) groups is 1. The second-order valence-corrected chi connectivity index (χ2v) is 6.90. The second kappa shape index (κ2) is 9.50. The molecule has 1 saturated heterocycles. The molecule has 22 heavy (non-hydrogen) atoms. The average molecular weight is 326 g/mol. The van der Waals surface area contributed by atoms with Crippen molar-refractivity contribution < 1.29 is 9.50 Å². The fourth-order valence-electron chi connectivity index (χ4n) is 3.05. The molecule has 3 nitrogen and oxygen atoms in total. The van der Waals surface area contributed by atoms with Crippen molar-refractivity contribution in [3.05, 3.63) is 35.6 Å². The Morgan fingerprint density at radius 3 is 2.73 bits per heavy atom. The number of halogens is 1. The van der Waals surface area contributed by atoms with Crippen molar-refractivity contribution >= 4 is 11.8 Å². The van der Waals surface area contributed by atoms with Crippen LogP contribution in [0, 0.1) is 5.82 Å². The van der Waals surface area contributed by atoms with Crippen LogP contribution in [0.25, 0.3) is 0 Å². The lowest BCUT2D eigenvalue weighted by atomic mass is 10.1. The summed E-state index contributed by atoms with van der Waals surface area (Å²) in [6, 6.07) is 7.15. The van der Waals surface area contributed by atoms with Gasteiger partial charge in [0.1, 0.15) is 5.82 Å². The number of nitrogens with zero attached hydrogens (tertiary/aromatic N) is 2. The molecule has 0 aromatic heterocycles. The normalized spacial score (nSPS) is 20.4. The maximum atomic E-state index is 13.0. The van der Waals surface area contributed by atoms with Crippen molar-refractivity contribution in [2.24, 2.45) is 0 Å². The van der Waals surface area contributed by atoms with Gasteiger partial charge in [-0.15, -0.1) is 0 Å². The third kappa shape index (κ3) is 5.54. The Labute approximate surface area is 137 Å². The molecular weight excluding hydrogens is 299 g/mol. The van der Waals surface area contributed by atoms with Crippen LogP contribution in [-0.2, 0) is 6.54 Å². The molecule has 1 fully saturated rings. The Kier molecular flexibility index (Phi) is 7.66. The molecule has 0 aliphatic carbocycles. The van der Waals surface area contributed by atoms with E-state index in [1.807, 2.05) is 23.9 Å². The largest absolute Gasteiger partial charge is 0.396 e. The zero-order valence-electron chi connectivity index (χ0n) is 13.4. The summed E-state index contributed by atoms with van der Waals surface area (Å²) in [6.45, 7) is 5.33. The molecule has 0 bridgehead atoms. The molecule has 1 heterocycles. The lowest BCUT2D eigenvalue weighted by molar-refractivity contribution is 0.0540. The van der Waals surface area contributed by atoms with E-state index >= 15 is 0 Å². The Morgan fingerprint density at radius 2 is 2.05 bits per heavy atom. The first-order chi connectivity index (χ1) is 10.7. The van der Waals surface area contributed by atoms with Crippen molar-refractivity contribution in [3.8, 4) is 0 Å². The van der Waals surface area contributed by atoms with E-state index in [-0.39, 0.29) is 12.4 Å². The first-order valence-corrected chi connectivity index (χ1v) is 9.43. The molecule has 0 amide bonds. The van der Waals surface area contributed by atoms with Crippen LogP contribution in [0.4, 0.5) is 4.39 Å². The van der Waals surface area contributed by atoms with Crippen molar-refractivity contribution in [1.82, 2.24) is 9.80 Å². The summed E-state index contributed by atoms with van der Waals surface area (Å²) in [4.78, 5) is 4.94. The van der Waals surface area contributed by atoms with E-state index in [1.54, 1.807) is 0 Å². The molecule has 1 aliphatic heterocycles. The van der Waals surface area contributed by atoms with Crippen molar-refractivity contribution in [2.75, 3.05) is 44.8 Å². The van der Waals surface area contributed by atoms with Crippen LogP contribution in [0.5, 0.6) is 0 Å². The SMILES string of the molecule is CSCCCN1CCN(Cc2ccc(F)cc2)C(CCO)C1. The smallest absolute Gasteiger partial charge is 0.123 e. The fraction of sp³-hybridized carbons (Fsp3) is 0.647. The van der Waals surface area contributed by atoms with Gasteiger partial charge in [-0.2, -0.15) is 11.8 Å². The monoisotopic (exact) mass is 326 g/mol. The zero-order valence-corrected chi connectivity index (χ0v) is 14.2. The number of rotatable bonds is 8. The minimum atomic E-state index is -0.186. The van der Waals surface area contributed by atoms with Crippen LogP contribution >= 0.6 is 11.8 Å². The van der Waals surface area contributed by atoms with Gasteiger partial charge in [0.05, 0.1) is 0 Å². The van der Waals surface area contributed by atoms with Crippen molar-refractivity contribution in [3.63, 3.8) is 0 Å². The van der Waals surface area contributed by atoms with Crippen molar-refractivity contribution in [1.29, 1.82) is 0 Å². The van der Waals surface area contributed by atoms with Gasteiger partial charge in [-0.25, -0.2) is 4.39 Å². The van der Waals surface area contributed by atoms with Gasteiger partial charge in [0.15, 0.2) is 0 Å². The highest BCUT2D eigenvalue weighted by atomic mass is 32.2. The number of benzene rings is 1. The number of hydrogen-bond acceptors (Lipinski definition) is 4. The molecule has 1 N–H and O–H groups in total. The summed E-state index contributed by atoms with van der Waals surface area (Å²) in [7, 11) is 0. The third-order valence-electron chi connectivity index (χ3n) is 4.27. The molecule has 0 radical (unpaired) electrons. The molecular formula is C17H27FN2OS. The number of aliphatic hydroxyl groups is 1. The van der Waals surface area contributed by atoms with Crippen LogP contribution in [0.1, 0.15) is 18.4 Å². The van der Waals surface area contributed by atoms with Gasteiger partial charge in [-0.1, -0.05) is 12.1 Å². The topological polar surface area (TPSA) is 26.7 Å². The third-order valence-corrected chi connectivity index (χ3v) is 4.97. The lowest BCUT2D eigenvalue weighted by Gasteiger charge is -2.41. The molecule has 1 atom stereocenters. The van der Waals surface area contributed by atoms with Gasteiger partial charge in [-0.3, -0.25) is 4.90 Å². The molecule has 1 aromatic rings. The van der Waals surface area contributed by atoms with Crippen LogP contribution < -0.4 is 0 Å². The summed E-state index contributed by atoms with van der Waals surface area (Å²) < 4.78 is 13.0. The van der Waals surface area contributed by atoms with E-state index < -0.39 is 0 Å². The molecule has 0 spiro atoms. The predicted molar refractivity (Wildman–Crippen MR) is 91.7 cm³/mol.